The van der Waals surface area contributed by atoms with Gasteiger partial charge in [0.2, 0.25) is 0 Å². The van der Waals surface area contributed by atoms with Crippen molar-refractivity contribution >= 4 is 13.5 Å². The molecule has 1 rings (SSSR count). The summed E-state index contributed by atoms with van der Waals surface area (Å²) in [6.07, 6.45) is 1.68. The van der Waals surface area contributed by atoms with Crippen molar-refractivity contribution in [2.45, 2.75) is 6.92 Å². The molecule has 1 heterocycles. The highest BCUT2D eigenvalue weighted by atomic mass is 16.4. The lowest BCUT2D eigenvalue weighted by molar-refractivity contribution is 0.448. The number of hydrogen-bond donors (Lipinski definition) is 3. The normalized spacial score (nSPS) is 7.91. The molecule has 59 valence electrons. The molecule has 4 N–H and O–H groups in total. The highest BCUT2D eigenvalue weighted by Crippen LogP contribution is 2.01. The second-order valence-corrected chi connectivity index (χ2v) is 1.82. The molecule has 0 saturated heterocycles. The van der Waals surface area contributed by atoms with Crippen LogP contribution in [-0.2, 0) is 0 Å². The van der Waals surface area contributed by atoms with Gasteiger partial charge in [-0.1, -0.05) is 6.07 Å². The Balaban J connectivity index is 0.000000292. The van der Waals surface area contributed by atoms with Crippen molar-refractivity contribution in [3.8, 4) is 0 Å². The smallest absolute Gasteiger partial charge is 0.429 e. The fourth-order valence-electron chi connectivity index (χ4n) is 0.498. The van der Waals surface area contributed by atoms with Crippen LogP contribution < -0.4 is 5.73 Å². The van der Waals surface area contributed by atoms with Gasteiger partial charge in [0.25, 0.3) is 0 Å². The van der Waals surface area contributed by atoms with Crippen LogP contribution in [0.15, 0.2) is 18.3 Å². The Labute approximate surface area is 66.0 Å². The predicted molar refractivity (Wildman–Crippen MR) is 43.6 cm³/mol. The average Bonchev–Trinajstić information content (AvgIpc) is 1.97. The number of nitrogens with two attached hydrogens (primary N) is 1. The highest BCUT2D eigenvalue weighted by molar-refractivity contribution is 6.13. The average molecular weight is 153 g/mol. The SMILES string of the molecule is Cc1cccnc1N.O[B]O. The van der Waals surface area contributed by atoms with E-state index in [4.69, 9.17) is 15.8 Å². The highest BCUT2D eigenvalue weighted by Gasteiger charge is 1.86. The number of anilines is 1. The molecule has 0 unspecified atom stereocenters. The third-order valence-electron chi connectivity index (χ3n) is 1.05. The molecule has 0 aliphatic rings. The summed E-state index contributed by atoms with van der Waals surface area (Å²) in [5.74, 6) is 0.618. The molecule has 0 amide bonds. The van der Waals surface area contributed by atoms with Crippen LogP contribution in [0.25, 0.3) is 0 Å². The van der Waals surface area contributed by atoms with Crippen molar-refractivity contribution < 1.29 is 10.0 Å². The van der Waals surface area contributed by atoms with Gasteiger partial charge in [-0.05, 0) is 18.6 Å². The van der Waals surface area contributed by atoms with Gasteiger partial charge in [-0.3, -0.25) is 0 Å². The Bertz CT molecular complexity index is 187. The molecule has 0 atom stereocenters. The Morgan fingerprint density at radius 2 is 2.09 bits per heavy atom. The molecule has 1 aromatic heterocycles. The second kappa shape index (κ2) is 5.70. The molecule has 11 heavy (non-hydrogen) atoms. The van der Waals surface area contributed by atoms with E-state index in [1.54, 1.807) is 6.20 Å². The van der Waals surface area contributed by atoms with Gasteiger partial charge in [0, 0.05) is 6.20 Å². The monoisotopic (exact) mass is 153 g/mol. The summed E-state index contributed by atoms with van der Waals surface area (Å²) in [6.45, 7) is 1.93. The summed E-state index contributed by atoms with van der Waals surface area (Å²) in [6, 6.07) is 3.80. The maximum atomic E-state index is 7.00. The number of aromatic nitrogens is 1. The molecule has 1 aromatic rings. The van der Waals surface area contributed by atoms with Gasteiger partial charge >= 0.3 is 7.69 Å². The van der Waals surface area contributed by atoms with Crippen LogP contribution in [0.2, 0.25) is 0 Å². The largest absolute Gasteiger partial charge is 0.482 e. The molecule has 5 heteroatoms. The van der Waals surface area contributed by atoms with Crippen LogP contribution in [0, 0.1) is 6.92 Å². The first-order valence-electron chi connectivity index (χ1n) is 2.99. The van der Waals surface area contributed by atoms with Crippen molar-refractivity contribution in [2.24, 2.45) is 0 Å². The molecular formula is C6H10BN2O2. The molecule has 0 spiro atoms. The number of nitrogen functional groups attached to an aromatic ring is 1. The van der Waals surface area contributed by atoms with E-state index in [0.717, 1.165) is 5.56 Å². The number of aryl methyl sites for hydroxylation is 1. The van der Waals surface area contributed by atoms with Crippen molar-refractivity contribution in [1.29, 1.82) is 0 Å². The van der Waals surface area contributed by atoms with Gasteiger partial charge in [0.1, 0.15) is 5.82 Å². The van der Waals surface area contributed by atoms with Crippen molar-refractivity contribution in [3.05, 3.63) is 23.9 Å². The molecule has 0 aliphatic carbocycles. The minimum absolute atomic E-state index is 0. The van der Waals surface area contributed by atoms with Crippen molar-refractivity contribution in [3.63, 3.8) is 0 Å². The molecule has 0 aliphatic heterocycles. The molecule has 0 saturated carbocycles. The van der Waals surface area contributed by atoms with Gasteiger partial charge in [-0.15, -0.1) is 0 Å². The molecular weight excluding hydrogens is 143 g/mol. The van der Waals surface area contributed by atoms with Gasteiger partial charge in [-0.25, -0.2) is 4.98 Å². The topological polar surface area (TPSA) is 79.4 Å². The Hall–Kier alpha value is -1.07. The third-order valence-corrected chi connectivity index (χ3v) is 1.05. The zero-order chi connectivity index (χ0) is 8.69. The lowest BCUT2D eigenvalue weighted by Gasteiger charge is -1.92. The molecule has 4 nitrogen and oxygen atoms in total. The van der Waals surface area contributed by atoms with Crippen LogP contribution in [0.1, 0.15) is 5.56 Å². The summed E-state index contributed by atoms with van der Waals surface area (Å²) in [5.41, 5.74) is 6.44. The molecule has 0 aromatic carbocycles. The van der Waals surface area contributed by atoms with E-state index in [1.165, 1.54) is 0 Å². The van der Waals surface area contributed by atoms with Gasteiger partial charge < -0.3 is 15.8 Å². The van der Waals surface area contributed by atoms with Gasteiger partial charge in [0.05, 0.1) is 0 Å². The molecule has 0 fully saturated rings. The fourth-order valence-corrected chi connectivity index (χ4v) is 0.498. The van der Waals surface area contributed by atoms with E-state index < -0.39 is 0 Å². The van der Waals surface area contributed by atoms with E-state index in [0.29, 0.717) is 5.82 Å². The predicted octanol–water partition coefficient (Wildman–Crippen LogP) is -0.523. The fraction of sp³-hybridized carbons (Fsp3) is 0.167. The lowest BCUT2D eigenvalue weighted by Crippen LogP contribution is -1.90. The van der Waals surface area contributed by atoms with Gasteiger partial charge in [-0.2, -0.15) is 0 Å². The van der Waals surface area contributed by atoms with E-state index in [1.807, 2.05) is 19.1 Å². The summed E-state index contributed by atoms with van der Waals surface area (Å²) >= 11 is 0. The summed E-state index contributed by atoms with van der Waals surface area (Å²) < 4.78 is 0. The second-order valence-electron chi connectivity index (χ2n) is 1.82. The van der Waals surface area contributed by atoms with Gasteiger partial charge in [0.15, 0.2) is 0 Å². The minimum Gasteiger partial charge on any atom is -0.429 e. The maximum absolute atomic E-state index is 7.00. The van der Waals surface area contributed by atoms with Crippen molar-refractivity contribution in [1.82, 2.24) is 4.98 Å². The number of rotatable bonds is 0. The molecule has 0 bridgehead atoms. The standard InChI is InChI=1S/C6H8N2.BH2O2/c1-5-3-2-4-8-6(5)7;2-1-3/h2-4H,1H3,(H2,7,8);2-3H. The van der Waals surface area contributed by atoms with E-state index in [2.05, 4.69) is 4.98 Å². The Kier molecular flexibility index (Phi) is 5.15. The van der Waals surface area contributed by atoms with E-state index in [9.17, 15) is 0 Å². The minimum atomic E-state index is 0. The number of nitrogens with zero attached hydrogens (tertiary/aromatic N) is 1. The van der Waals surface area contributed by atoms with E-state index >= 15 is 0 Å². The number of hydrogen-bond acceptors (Lipinski definition) is 4. The van der Waals surface area contributed by atoms with Crippen LogP contribution in [0.5, 0.6) is 0 Å². The first kappa shape index (κ1) is 9.93. The quantitative estimate of drug-likeness (QED) is 0.438. The van der Waals surface area contributed by atoms with Crippen molar-refractivity contribution in [2.75, 3.05) is 5.73 Å². The summed E-state index contributed by atoms with van der Waals surface area (Å²) in [7, 11) is 0. The zero-order valence-corrected chi connectivity index (χ0v) is 6.23. The Morgan fingerprint density at radius 3 is 2.36 bits per heavy atom. The maximum Gasteiger partial charge on any atom is 0.482 e. The lowest BCUT2D eigenvalue weighted by atomic mass is 10.3. The zero-order valence-electron chi connectivity index (χ0n) is 6.23. The van der Waals surface area contributed by atoms with Crippen LogP contribution in [-0.4, -0.2) is 22.7 Å². The third kappa shape index (κ3) is 4.35. The summed E-state index contributed by atoms with van der Waals surface area (Å²) in [5, 5.41) is 14.0. The Morgan fingerprint density at radius 1 is 1.55 bits per heavy atom. The number of pyridine rings is 1. The van der Waals surface area contributed by atoms with Crippen LogP contribution in [0.4, 0.5) is 5.82 Å². The molecule has 1 radical (unpaired) electrons. The van der Waals surface area contributed by atoms with Crippen LogP contribution in [0.3, 0.4) is 0 Å². The van der Waals surface area contributed by atoms with Crippen LogP contribution >= 0.6 is 0 Å². The first-order valence-corrected chi connectivity index (χ1v) is 2.99. The summed E-state index contributed by atoms with van der Waals surface area (Å²) in [4.78, 5) is 3.86. The first-order chi connectivity index (χ1) is 5.22. The van der Waals surface area contributed by atoms with E-state index in [-0.39, 0.29) is 7.69 Å².